The average Bonchev–Trinajstić information content (AvgIpc) is 3.03. The molecule has 1 fully saturated rings. The number of piperidine rings is 1. The maximum atomic E-state index is 15.0. The maximum Gasteiger partial charge on any atom is 0.155 e. The molecule has 0 radical (unpaired) electrons. The normalized spacial score (nSPS) is 18.2. The van der Waals surface area contributed by atoms with E-state index >= 15 is 4.39 Å². The molecular weight excluding hydrogens is 315 g/mol. The van der Waals surface area contributed by atoms with Crippen molar-refractivity contribution in [2.45, 2.75) is 38.6 Å². The number of ether oxygens (including phenoxy) is 1. The first-order valence-corrected chi connectivity index (χ1v) is 8.73. The van der Waals surface area contributed by atoms with Crippen LogP contribution in [-0.4, -0.2) is 39.8 Å². The van der Waals surface area contributed by atoms with E-state index in [1.165, 1.54) is 0 Å². The van der Waals surface area contributed by atoms with Gasteiger partial charge in [0.2, 0.25) is 0 Å². The van der Waals surface area contributed by atoms with Crippen LogP contribution in [0.25, 0.3) is 0 Å². The van der Waals surface area contributed by atoms with Gasteiger partial charge in [-0.2, -0.15) is 0 Å². The van der Waals surface area contributed by atoms with Crippen molar-refractivity contribution in [3.05, 3.63) is 40.1 Å². The highest BCUT2D eigenvalue weighted by Crippen LogP contribution is 2.36. The first-order valence-electron chi connectivity index (χ1n) is 7.91. The fraction of sp³-hybridized carbons (Fsp3) is 0.562. The number of alkyl halides is 1. The van der Waals surface area contributed by atoms with Crippen molar-refractivity contribution in [3.8, 4) is 0 Å². The van der Waals surface area contributed by atoms with Crippen LogP contribution in [0.15, 0.2) is 24.4 Å². The van der Waals surface area contributed by atoms with Crippen LogP contribution in [0.5, 0.6) is 0 Å². The Morgan fingerprint density at radius 2 is 2.04 bits per heavy atom. The minimum absolute atomic E-state index is 0.467. The minimum Gasteiger partial charge on any atom is -0.374 e. The van der Waals surface area contributed by atoms with Gasteiger partial charge >= 0.3 is 0 Å². The molecule has 3 rings (SSSR count). The van der Waals surface area contributed by atoms with E-state index in [0.717, 1.165) is 16.6 Å². The summed E-state index contributed by atoms with van der Waals surface area (Å²) in [5.41, 5.74) is -0.756. The Balaban J connectivity index is 1.54. The predicted octanol–water partition coefficient (Wildman–Crippen LogP) is 2.93. The van der Waals surface area contributed by atoms with E-state index in [4.69, 9.17) is 4.74 Å². The molecule has 23 heavy (non-hydrogen) atoms. The molecule has 0 amide bonds. The van der Waals surface area contributed by atoms with Crippen molar-refractivity contribution >= 4 is 11.3 Å². The van der Waals surface area contributed by atoms with E-state index in [0.29, 0.717) is 44.8 Å². The third-order valence-electron chi connectivity index (χ3n) is 4.07. The van der Waals surface area contributed by atoms with Gasteiger partial charge in [-0.05, 0) is 31.9 Å². The molecule has 1 saturated heterocycles. The Labute approximate surface area is 139 Å². The highest BCUT2D eigenvalue weighted by atomic mass is 32.1. The lowest BCUT2D eigenvalue weighted by Gasteiger charge is -2.35. The van der Waals surface area contributed by atoms with Gasteiger partial charge in [0.1, 0.15) is 16.6 Å². The monoisotopic (exact) mass is 336 g/mol. The molecule has 0 unspecified atom stereocenters. The second-order valence-electron chi connectivity index (χ2n) is 5.68. The predicted molar refractivity (Wildman–Crippen MR) is 86.8 cm³/mol. The fourth-order valence-corrected chi connectivity index (χ4v) is 3.57. The number of hydrogen-bond acceptors (Lipinski definition) is 6. The van der Waals surface area contributed by atoms with Gasteiger partial charge in [0.25, 0.3) is 0 Å². The minimum atomic E-state index is -1.31. The molecule has 124 valence electrons. The van der Waals surface area contributed by atoms with Crippen LogP contribution in [0.1, 0.15) is 35.5 Å². The first-order chi connectivity index (χ1) is 11.2. The Morgan fingerprint density at radius 1 is 1.26 bits per heavy atom. The molecule has 0 saturated carbocycles. The van der Waals surface area contributed by atoms with Gasteiger partial charge < -0.3 is 4.74 Å². The van der Waals surface area contributed by atoms with Gasteiger partial charge in [0.15, 0.2) is 5.67 Å². The smallest absolute Gasteiger partial charge is 0.155 e. The summed E-state index contributed by atoms with van der Waals surface area (Å²) in [6, 6.07) is 5.44. The molecule has 0 aromatic carbocycles. The van der Waals surface area contributed by atoms with Crippen molar-refractivity contribution in [2.75, 3.05) is 19.7 Å². The Hall–Kier alpha value is -1.44. The second kappa shape index (κ2) is 7.42. The van der Waals surface area contributed by atoms with E-state index < -0.39 is 5.67 Å². The topological polar surface area (TPSA) is 51.1 Å². The molecule has 0 spiro atoms. The van der Waals surface area contributed by atoms with E-state index in [-0.39, 0.29) is 0 Å². The summed E-state index contributed by atoms with van der Waals surface area (Å²) in [7, 11) is 0. The van der Waals surface area contributed by atoms with Crippen LogP contribution in [0.2, 0.25) is 0 Å². The molecule has 0 bridgehead atoms. The van der Waals surface area contributed by atoms with E-state index in [2.05, 4.69) is 20.1 Å². The molecule has 0 aliphatic carbocycles. The van der Waals surface area contributed by atoms with Crippen molar-refractivity contribution in [2.24, 2.45) is 0 Å². The van der Waals surface area contributed by atoms with Crippen molar-refractivity contribution in [3.63, 3.8) is 0 Å². The van der Waals surface area contributed by atoms with E-state index in [1.54, 1.807) is 23.6 Å². The SMILES string of the molecule is CCOCc1nnc(CN2CCC(F)(c3ccccn3)CC2)s1. The number of likely N-dealkylation sites (tertiary alicyclic amines) is 1. The number of nitrogens with zero attached hydrogens (tertiary/aromatic N) is 4. The quantitative estimate of drug-likeness (QED) is 0.812. The number of aromatic nitrogens is 3. The van der Waals surface area contributed by atoms with Gasteiger partial charge in [0.05, 0.1) is 12.2 Å². The van der Waals surface area contributed by atoms with Crippen LogP contribution in [0, 0.1) is 0 Å². The molecule has 0 N–H and O–H groups in total. The number of rotatable bonds is 6. The Bertz CT molecular complexity index is 614. The molecule has 3 heterocycles. The summed E-state index contributed by atoms with van der Waals surface area (Å²) in [4.78, 5) is 6.42. The highest BCUT2D eigenvalue weighted by molar-refractivity contribution is 7.11. The fourth-order valence-electron chi connectivity index (χ4n) is 2.74. The Kier molecular flexibility index (Phi) is 5.30. The molecule has 2 aromatic rings. The lowest BCUT2D eigenvalue weighted by Crippen LogP contribution is -2.40. The van der Waals surface area contributed by atoms with Gasteiger partial charge in [0, 0.05) is 25.9 Å². The number of hydrogen-bond donors (Lipinski definition) is 0. The molecule has 0 atom stereocenters. The second-order valence-corrected chi connectivity index (χ2v) is 6.83. The zero-order valence-corrected chi connectivity index (χ0v) is 14.1. The lowest BCUT2D eigenvalue weighted by molar-refractivity contribution is 0.0489. The van der Waals surface area contributed by atoms with E-state index in [9.17, 15) is 0 Å². The summed E-state index contributed by atoms with van der Waals surface area (Å²) in [6.07, 6.45) is 2.59. The Morgan fingerprint density at radius 3 is 2.74 bits per heavy atom. The third-order valence-corrected chi connectivity index (χ3v) is 4.95. The molecule has 1 aliphatic rings. The molecular formula is C16H21FN4OS. The van der Waals surface area contributed by atoms with Crippen molar-refractivity contribution in [1.29, 1.82) is 0 Å². The highest BCUT2D eigenvalue weighted by Gasteiger charge is 2.37. The standard InChI is InChI=1S/C16H21FN4OS/c1-2-22-12-15-20-19-14(23-15)11-21-9-6-16(17,7-10-21)13-5-3-4-8-18-13/h3-5,8H,2,6-7,9-12H2,1H3. The largest absolute Gasteiger partial charge is 0.374 e. The van der Waals surface area contributed by atoms with Gasteiger partial charge in [-0.15, -0.1) is 10.2 Å². The van der Waals surface area contributed by atoms with Crippen LogP contribution >= 0.6 is 11.3 Å². The van der Waals surface area contributed by atoms with Crippen LogP contribution < -0.4 is 0 Å². The van der Waals surface area contributed by atoms with E-state index in [1.807, 2.05) is 19.1 Å². The summed E-state index contributed by atoms with van der Waals surface area (Å²) < 4.78 is 20.4. The van der Waals surface area contributed by atoms with Gasteiger partial charge in [-0.1, -0.05) is 17.4 Å². The van der Waals surface area contributed by atoms with Crippen LogP contribution in [-0.2, 0) is 23.6 Å². The first kappa shape index (κ1) is 16.4. The lowest BCUT2D eigenvalue weighted by atomic mass is 9.89. The third kappa shape index (κ3) is 4.10. The summed E-state index contributed by atoms with van der Waals surface area (Å²) in [5.74, 6) is 0. The number of pyridine rings is 1. The van der Waals surface area contributed by atoms with Gasteiger partial charge in [-0.3, -0.25) is 9.88 Å². The van der Waals surface area contributed by atoms with Crippen molar-refractivity contribution in [1.82, 2.24) is 20.1 Å². The van der Waals surface area contributed by atoms with Crippen LogP contribution in [0.4, 0.5) is 4.39 Å². The molecule has 2 aromatic heterocycles. The van der Waals surface area contributed by atoms with Crippen LogP contribution in [0.3, 0.4) is 0 Å². The summed E-state index contributed by atoms with van der Waals surface area (Å²) in [6.45, 7) is 5.28. The van der Waals surface area contributed by atoms with Gasteiger partial charge in [-0.25, -0.2) is 4.39 Å². The van der Waals surface area contributed by atoms with Crippen molar-refractivity contribution < 1.29 is 9.13 Å². The zero-order chi connectivity index (χ0) is 16.1. The molecule has 7 heteroatoms. The molecule has 5 nitrogen and oxygen atoms in total. The maximum absolute atomic E-state index is 15.0. The zero-order valence-electron chi connectivity index (χ0n) is 13.2. The summed E-state index contributed by atoms with van der Waals surface area (Å²) >= 11 is 1.57. The average molecular weight is 336 g/mol. The number of halogens is 1. The molecule has 1 aliphatic heterocycles. The summed E-state index contributed by atoms with van der Waals surface area (Å²) in [5, 5.41) is 10.2.